The maximum atomic E-state index is 12.1. The van der Waals surface area contributed by atoms with Crippen LogP contribution in [0.4, 0.5) is 9.93 Å². The number of rotatable bonds is 5. The van der Waals surface area contributed by atoms with Gasteiger partial charge in [0.25, 0.3) is 0 Å². The Kier molecular flexibility index (Phi) is 5.77. The van der Waals surface area contributed by atoms with Gasteiger partial charge in [-0.15, -0.1) is 0 Å². The topological polar surface area (TPSA) is 70.2 Å². The van der Waals surface area contributed by atoms with Crippen LogP contribution in [0.3, 0.4) is 0 Å². The molecule has 1 fully saturated rings. The quantitative estimate of drug-likeness (QED) is 0.873. The molecule has 24 heavy (non-hydrogen) atoms. The van der Waals surface area contributed by atoms with Gasteiger partial charge in [-0.2, -0.15) is 9.36 Å². The first-order valence-corrected chi connectivity index (χ1v) is 9.17. The molecule has 0 radical (unpaired) electrons. The van der Waals surface area contributed by atoms with E-state index < -0.39 is 0 Å². The number of anilines is 1. The molecule has 0 unspecified atom stereocenters. The summed E-state index contributed by atoms with van der Waals surface area (Å²) in [6.07, 6.45) is 3.83. The van der Waals surface area contributed by atoms with Gasteiger partial charge in [-0.3, -0.25) is 5.32 Å². The lowest BCUT2D eigenvalue weighted by molar-refractivity contribution is 0.206. The van der Waals surface area contributed by atoms with Gasteiger partial charge in [0.1, 0.15) is 0 Å². The molecule has 2 N–H and O–H groups in total. The second kappa shape index (κ2) is 8.21. The zero-order valence-electron chi connectivity index (χ0n) is 13.9. The molecule has 6 nitrogen and oxygen atoms in total. The van der Waals surface area contributed by atoms with Crippen molar-refractivity contribution in [3.8, 4) is 11.4 Å². The first-order chi connectivity index (χ1) is 11.7. The van der Waals surface area contributed by atoms with Crippen molar-refractivity contribution >= 4 is 22.7 Å². The summed E-state index contributed by atoms with van der Waals surface area (Å²) in [5, 5.41) is 6.26. The fourth-order valence-electron chi connectivity index (χ4n) is 2.91. The predicted octanol–water partition coefficient (Wildman–Crippen LogP) is 3.20. The molecule has 3 rings (SSSR count). The van der Waals surface area contributed by atoms with Crippen molar-refractivity contribution < 1.29 is 4.79 Å². The van der Waals surface area contributed by atoms with Crippen molar-refractivity contribution in [1.82, 2.24) is 19.6 Å². The van der Waals surface area contributed by atoms with Gasteiger partial charge in [0.2, 0.25) is 5.13 Å². The molecule has 1 aromatic heterocycles. The first kappa shape index (κ1) is 16.9. The van der Waals surface area contributed by atoms with E-state index in [4.69, 9.17) is 0 Å². The van der Waals surface area contributed by atoms with Crippen LogP contribution in [0.2, 0.25) is 0 Å². The summed E-state index contributed by atoms with van der Waals surface area (Å²) < 4.78 is 4.29. The van der Waals surface area contributed by atoms with E-state index in [1.807, 2.05) is 37.3 Å². The Hall–Kier alpha value is -1.99. The SMILES string of the molecule is C[C@H](CN1CCCCC1)NC(=O)Nc1nc(-c2ccccc2)ns1. The van der Waals surface area contributed by atoms with Crippen LogP contribution in [0.25, 0.3) is 11.4 Å². The zero-order chi connectivity index (χ0) is 16.8. The molecular formula is C17H23N5OS. The number of carbonyl (C=O) groups is 1. The van der Waals surface area contributed by atoms with E-state index in [9.17, 15) is 4.79 Å². The molecule has 1 saturated heterocycles. The van der Waals surface area contributed by atoms with E-state index in [0.717, 1.165) is 25.2 Å². The van der Waals surface area contributed by atoms with Gasteiger partial charge in [-0.05, 0) is 32.9 Å². The highest BCUT2D eigenvalue weighted by Gasteiger charge is 2.16. The molecule has 2 heterocycles. The third-order valence-corrected chi connectivity index (χ3v) is 4.67. The van der Waals surface area contributed by atoms with E-state index in [0.29, 0.717) is 11.0 Å². The highest BCUT2D eigenvalue weighted by Crippen LogP contribution is 2.20. The number of aromatic nitrogens is 2. The van der Waals surface area contributed by atoms with Gasteiger partial charge in [0.05, 0.1) is 0 Å². The highest BCUT2D eigenvalue weighted by molar-refractivity contribution is 7.10. The number of nitrogens with zero attached hydrogens (tertiary/aromatic N) is 3. The molecule has 0 bridgehead atoms. The lowest BCUT2D eigenvalue weighted by atomic mass is 10.1. The minimum atomic E-state index is -0.227. The average Bonchev–Trinajstić information content (AvgIpc) is 3.04. The van der Waals surface area contributed by atoms with Crippen molar-refractivity contribution in [3.63, 3.8) is 0 Å². The number of carbonyl (C=O) groups excluding carboxylic acids is 1. The van der Waals surface area contributed by atoms with Crippen LogP contribution in [0.15, 0.2) is 30.3 Å². The van der Waals surface area contributed by atoms with Crippen molar-refractivity contribution in [2.24, 2.45) is 0 Å². The monoisotopic (exact) mass is 345 g/mol. The predicted molar refractivity (Wildman–Crippen MR) is 97.3 cm³/mol. The fourth-order valence-corrected chi connectivity index (χ4v) is 3.50. The molecule has 0 saturated carbocycles. The molecule has 1 aliphatic rings. The van der Waals surface area contributed by atoms with Crippen molar-refractivity contribution in [2.45, 2.75) is 32.2 Å². The second-order valence-electron chi connectivity index (χ2n) is 6.15. The van der Waals surface area contributed by atoms with E-state index in [2.05, 4.69) is 24.9 Å². The lowest BCUT2D eigenvalue weighted by Crippen LogP contribution is -2.45. The number of nitrogens with one attached hydrogen (secondary N) is 2. The van der Waals surface area contributed by atoms with Crippen LogP contribution >= 0.6 is 11.5 Å². The first-order valence-electron chi connectivity index (χ1n) is 8.40. The van der Waals surface area contributed by atoms with Gasteiger partial charge < -0.3 is 10.2 Å². The summed E-state index contributed by atoms with van der Waals surface area (Å²) in [6.45, 7) is 5.18. The van der Waals surface area contributed by atoms with E-state index in [1.54, 1.807) is 0 Å². The number of hydrogen-bond donors (Lipinski definition) is 2. The van der Waals surface area contributed by atoms with Gasteiger partial charge in [0, 0.05) is 29.7 Å². The van der Waals surface area contributed by atoms with E-state index >= 15 is 0 Å². The van der Waals surface area contributed by atoms with Crippen LogP contribution in [0.1, 0.15) is 26.2 Å². The summed E-state index contributed by atoms with van der Waals surface area (Å²) in [4.78, 5) is 18.9. The largest absolute Gasteiger partial charge is 0.334 e. The number of hydrogen-bond acceptors (Lipinski definition) is 5. The van der Waals surface area contributed by atoms with Crippen molar-refractivity contribution in [2.75, 3.05) is 25.0 Å². The second-order valence-corrected chi connectivity index (χ2v) is 6.90. The molecule has 1 aromatic carbocycles. The molecular weight excluding hydrogens is 322 g/mol. The van der Waals surface area contributed by atoms with Gasteiger partial charge in [-0.1, -0.05) is 36.8 Å². The van der Waals surface area contributed by atoms with Crippen LogP contribution in [0, 0.1) is 0 Å². The highest BCUT2D eigenvalue weighted by atomic mass is 32.1. The third kappa shape index (κ3) is 4.75. The molecule has 0 spiro atoms. The third-order valence-electron chi connectivity index (χ3n) is 4.04. The van der Waals surface area contributed by atoms with E-state index in [-0.39, 0.29) is 12.1 Å². The Labute approximate surface area is 146 Å². The number of likely N-dealkylation sites (tertiary alicyclic amines) is 1. The molecule has 1 atom stereocenters. The van der Waals surface area contributed by atoms with Gasteiger partial charge in [-0.25, -0.2) is 4.79 Å². The molecule has 128 valence electrons. The summed E-state index contributed by atoms with van der Waals surface area (Å²) in [5.41, 5.74) is 0.945. The lowest BCUT2D eigenvalue weighted by Gasteiger charge is -2.29. The summed E-state index contributed by atoms with van der Waals surface area (Å²) in [7, 11) is 0. The van der Waals surface area contributed by atoms with Crippen LogP contribution in [-0.2, 0) is 0 Å². The molecule has 1 aliphatic heterocycles. The molecule has 2 aromatic rings. The molecule has 2 amide bonds. The minimum Gasteiger partial charge on any atom is -0.334 e. The van der Waals surface area contributed by atoms with Crippen molar-refractivity contribution in [1.29, 1.82) is 0 Å². The number of benzene rings is 1. The number of amides is 2. The Morgan fingerprint density at radius 1 is 1.25 bits per heavy atom. The molecule has 0 aliphatic carbocycles. The van der Waals surface area contributed by atoms with Crippen LogP contribution < -0.4 is 10.6 Å². The normalized spacial score (nSPS) is 16.5. The Bertz CT molecular complexity index is 654. The summed E-state index contributed by atoms with van der Waals surface area (Å²) in [5.74, 6) is 0.636. The summed E-state index contributed by atoms with van der Waals surface area (Å²) >= 11 is 1.19. The summed E-state index contributed by atoms with van der Waals surface area (Å²) in [6, 6.07) is 9.61. The van der Waals surface area contributed by atoms with E-state index in [1.165, 1.54) is 30.8 Å². The maximum Gasteiger partial charge on any atom is 0.321 e. The van der Waals surface area contributed by atoms with Crippen LogP contribution in [0.5, 0.6) is 0 Å². The van der Waals surface area contributed by atoms with Crippen LogP contribution in [-0.4, -0.2) is 46.0 Å². The Balaban J connectivity index is 1.49. The zero-order valence-corrected chi connectivity index (χ0v) is 14.7. The Morgan fingerprint density at radius 2 is 2.00 bits per heavy atom. The standard InChI is InChI=1S/C17H23N5OS/c1-13(12-22-10-6-3-7-11-22)18-16(23)20-17-19-15(21-24-17)14-8-4-2-5-9-14/h2,4-5,8-9,13H,3,6-7,10-12H2,1H3,(H2,18,19,20,21,23)/t13-/m1/s1. The number of piperidine rings is 1. The fraction of sp³-hybridized carbons (Fsp3) is 0.471. The number of urea groups is 1. The minimum absolute atomic E-state index is 0.101. The molecule has 7 heteroatoms. The smallest absolute Gasteiger partial charge is 0.321 e. The van der Waals surface area contributed by atoms with Gasteiger partial charge in [0.15, 0.2) is 5.82 Å². The average molecular weight is 345 g/mol. The van der Waals surface area contributed by atoms with Crippen molar-refractivity contribution in [3.05, 3.63) is 30.3 Å². The maximum absolute atomic E-state index is 12.1. The Morgan fingerprint density at radius 3 is 2.75 bits per heavy atom. The van der Waals surface area contributed by atoms with Gasteiger partial charge >= 0.3 is 6.03 Å².